The molecule has 1 aliphatic rings. The molecule has 0 aliphatic carbocycles. The van der Waals surface area contributed by atoms with E-state index in [0.717, 1.165) is 31.7 Å². The number of ether oxygens (including phenoxy) is 1. The van der Waals surface area contributed by atoms with Gasteiger partial charge in [0, 0.05) is 18.8 Å². The topological polar surface area (TPSA) is 50.4 Å². The Bertz CT molecular complexity index is 383. The first kappa shape index (κ1) is 13.1. The van der Waals surface area contributed by atoms with Crippen LogP contribution in [0.5, 0.6) is 0 Å². The van der Waals surface area contributed by atoms with Crippen molar-refractivity contribution in [3.8, 4) is 0 Å². The number of benzene rings is 1. The van der Waals surface area contributed by atoms with Crippen LogP contribution in [0, 0.1) is 0 Å². The molecule has 1 unspecified atom stereocenters. The van der Waals surface area contributed by atoms with Crippen LogP contribution in [-0.4, -0.2) is 25.7 Å². The second kappa shape index (κ2) is 6.52. The van der Waals surface area contributed by atoms with Crippen molar-refractivity contribution in [1.29, 1.82) is 0 Å². The minimum absolute atomic E-state index is 0.0308. The SMILES string of the molecule is CNCc1ccc(NC(=O)CC2CCCO2)cc1. The molecule has 0 spiro atoms. The highest BCUT2D eigenvalue weighted by atomic mass is 16.5. The number of anilines is 1. The van der Waals surface area contributed by atoms with Gasteiger partial charge in [0.15, 0.2) is 0 Å². The normalized spacial score (nSPS) is 18.8. The van der Waals surface area contributed by atoms with E-state index >= 15 is 0 Å². The van der Waals surface area contributed by atoms with E-state index < -0.39 is 0 Å². The fourth-order valence-corrected chi connectivity index (χ4v) is 2.13. The minimum atomic E-state index is 0.0308. The molecule has 0 saturated carbocycles. The lowest BCUT2D eigenvalue weighted by Crippen LogP contribution is -2.19. The van der Waals surface area contributed by atoms with Crippen LogP contribution < -0.4 is 10.6 Å². The number of carbonyl (C=O) groups excluding carboxylic acids is 1. The summed E-state index contributed by atoms with van der Waals surface area (Å²) in [4.78, 5) is 11.8. The molecule has 1 heterocycles. The summed E-state index contributed by atoms with van der Waals surface area (Å²) in [6, 6.07) is 7.89. The zero-order chi connectivity index (χ0) is 12.8. The van der Waals surface area contributed by atoms with Crippen molar-refractivity contribution in [2.75, 3.05) is 19.0 Å². The molecule has 1 atom stereocenters. The molecule has 1 saturated heterocycles. The first-order valence-electron chi connectivity index (χ1n) is 6.43. The predicted octanol–water partition coefficient (Wildman–Crippen LogP) is 1.91. The fourth-order valence-electron chi connectivity index (χ4n) is 2.13. The number of amides is 1. The summed E-state index contributed by atoms with van der Waals surface area (Å²) in [6.45, 7) is 1.63. The summed E-state index contributed by atoms with van der Waals surface area (Å²) >= 11 is 0. The number of nitrogens with one attached hydrogen (secondary N) is 2. The second-order valence-corrected chi connectivity index (χ2v) is 4.61. The molecule has 1 aromatic rings. The summed E-state index contributed by atoms with van der Waals surface area (Å²) < 4.78 is 5.44. The van der Waals surface area contributed by atoms with Gasteiger partial charge in [-0.3, -0.25) is 4.79 Å². The Kier molecular flexibility index (Phi) is 4.73. The molecule has 4 heteroatoms. The van der Waals surface area contributed by atoms with Crippen molar-refractivity contribution in [3.63, 3.8) is 0 Å². The highest BCUT2D eigenvalue weighted by molar-refractivity contribution is 5.91. The largest absolute Gasteiger partial charge is 0.378 e. The van der Waals surface area contributed by atoms with Gasteiger partial charge in [-0.15, -0.1) is 0 Å². The Hall–Kier alpha value is -1.39. The third-order valence-corrected chi connectivity index (χ3v) is 3.06. The van der Waals surface area contributed by atoms with Crippen LogP contribution >= 0.6 is 0 Å². The second-order valence-electron chi connectivity index (χ2n) is 4.61. The summed E-state index contributed by atoms with van der Waals surface area (Å²) in [5, 5.41) is 5.99. The van der Waals surface area contributed by atoms with Gasteiger partial charge in [0.25, 0.3) is 0 Å². The summed E-state index contributed by atoms with van der Waals surface area (Å²) in [6.07, 6.45) is 2.62. The number of rotatable bonds is 5. The van der Waals surface area contributed by atoms with Gasteiger partial charge in [-0.25, -0.2) is 0 Å². The standard InChI is InChI=1S/C14H20N2O2/c1-15-10-11-4-6-12(7-5-11)16-14(17)9-13-3-2-8-18-13/h4-7,13,15H,2-3,8-10H2,1H3,(H,16,17). The quantitative estimate of drug-likeness (QED) is 0.837. The van der Waals surface area contributed by atoms with Crippen LogP contribution in [0.3, 0.4) is 0 Å². The van der Waals surface area contributed by atoms with Crippen LogP contribution in [0.4, 0.5) is 5.69 Å². The van der Waals surface area contributed by atoms with Gasteiger partial charge in [0.1, 0.15) is 0 Å². The van der Waals surface area contributed by atoms with Crippen molar-refractivity contribution in [2.45, 2.75) is 31.9 Å². The molecule has 4 nitrogen and oxygen atoms in total. The molecule has 0 radical (unpaired) electrons. The Morgan fingerprint density at radius 2 is 2.17 bits per heavy atom. The van der Waals surface area contributed by atoms with E-state index in [4.69, 9.17) is 4.74 Å². The minimum Gasteiger partial charge on any atom is -0.378 e. The number of hydrogen-bond donors (Lipinski definition) is 2. The van der Waals surface area contributed by atoms with E-state index in [9.17, 15) is 4.79 Å². The number of carbonyl (C=O) groups is 1. The lowest BCUT2D eigenvalue weighted by atomic mass is 10.1. The van der Waals surface area contributed by atoms with E-state index in [2.05, 4.69) is 10.6 Å². The smallest absolute Gasteiger partial charge is 0.226 e. The van der Waals surface area contributed by atoms with Crippen molar-refractivity contribution < 1.29 is 9.53 Å². The summed E-state index contributed by atoms with van der Waals surface area (Å²) in [5.74, 6) is 0.0308. The Morgan fingerprint density at radius 3 is 2.78 bits per heavy atom. The van der Waals surface area contributed by atoms with Crippen molar-refractivity contribution in [2.24, 2.45) is 0 Å². The molecule has 0 bridgehead atoms. The van der Waals surface area contributed by atoms with E-state index in [0.29, 0.717) is 6.42 Å². The monoisotopic (exact) mass is 248 g/mol. The first-order valence-corrected chi connectivity index (χ1v) is 6.43. The molecule has 98 valence electrons. The molecule has 1 fully saturated rings. The molecule has 2 N–H and O–H groups in total. The molecule has 1 aromatic carbocycles. The predicted molar refractivity (Wildman–Crippen MR) is 71.4 cm³/mol. The molecule has 18 heavy (non-hydrogen) atoms. The molecular formula is C14H20N2O2. The zero-order valence-corrected chi connectivity index (χ0v) is 10.7. The molecule has 2 rings (SSSR count). The summed E-state index contributed by atoms with van der Waals surface area (Å²) in [5.41, 5.74) is 2.05. The third kappa shape index (κ3) is 3.82. The third-order valence-electron chi connectivity index (χ3n) is 3.06. The van der Waals surface area contributed by atoms with Gasteiger partial charge in [0.2, 0.25) is 5.91 Å². The lowest BCUT2D eigenvalue weighted by Gasteiger charge is -2.10. The van der Waals surface area contributed by atoms with Gasteiger partial charge in [-0.1, -0.05) is 12.1 Å². The van der Waals surface area contributed by atoms with Gasteiger partial charge < -0.3 is 15.4 Å². The number of hydrogen-bond acceptors (Lipinski definition) is 3. The fraction of sp³-hybridized carbons (Fsp3) is 0.500. The van der Waals surface area contributed by atoms with Gasteiger partial charge in [-0.05, 0) is 37.6 Å². The molecule has 1 aliphatic heterocycles. The van der Waals surface area contributed by atoms with Crippen molar-refractivity contribution >= 4 is 11.6 Å². The van der Waals surface area contributed by atoms with Crippen molar-refractivity contribution in [3.05, 3.63) is 29.8 Å². The van der Waals surface area contributed by atoms with Crippen LogP contribution in [0.1, 0.15) is 24.8 Å². The van der Waals surface area contributed by atoms with Gasteiger partial charge >= 0.3 is 0 Å². The lowest BCUT2D eigenvalue weighted by molar-refractivity contribution is -0.118. The summed E-state index contributed by atoms with van der Waals surface area (Å²) in [7, 11) is 1.91. The average molecular weight is 248 g/mol. The molecule has 0 aromatic heterocycles. The zero-order valence-electron chi connectivity index (χ0n) is 10.7. The van der Waals surface area contributed by atoms with Crippen LogP contribution in [-0.2, 0) is 16.1 Å². The van der Waals surface area contributed by atoms with Crippen LogP contribution in [0.2, 0.25) is 0 Å². The average Bonchev–Trinajstić information content (AvgIpc) is 2.84. The van der Waals surface area contributed by atoms with Gasteiger partial charge in [0.05, 0.1) is 12.5 Å². The highest BCUT2D eigenvalue weighted by Gasteiger charge is 2.18. The van der Waals surface area contributed by atoms with Gasteiger partial charge in [-0.2, -0.15) is 0 Å². The van der Waals surface area contributed by atoms with E-state index in [1.54, 1.807) is 0 Å². The highest BCUT2D eigenvalue weighted by Crippen LogP contribution is 2.16. The first-order chi connectivity index (χ1) is 8.78. The maximum atomic E-state index is 11.8. The maximum Gasteiger partial charge on any atom is 0.226 e. The Labute approximate surface area is 108 Å². The van der Waals surface area contributed by atoms with E-state index in [1.807, 2.05) is 31.3 Å². The maximum absolute atomic E-state index is 11.8. The molecule has 1 amide bonds. The molecular weight excluding hydrogens is 228 g/mol. The van der Waals surface area contributed by atoms with Crippen molar-refractivity contribution in [1.82, 2.24) is 5.32 Å². The Morgan fingerprint density at radius 1 is 1.39 bits per heavy atom. The van der Waals surface area contributed by atoms with E-state index in [1.165, 1.54) is 5.56 Å². The Balaban J connectivity index is 1.82. The van der Waals surface area contributed by atoms with Crippen LogP contribution in [0.25, 0.3) is 0 Å². The van der Waals surface area contributed by atoms with Crippen LogP contribution in [0.15, 0.2) is 24.3 Å². The van der Waals surface area contributed by atoms with E-state index in [-0.39, 0.29) is 12.0 Å².